The molecule has 0 radical (unpaired) electrons. The Hall–Kier alpha value is -2.44. The Morgan fingerprint density at radius 2 is 1.93 bits per heavy atom. The summed E-state index contributed by atoms with van der Waals surface area (Å²) in [6.07, 6.45) is 0.910. The number of thiazole rings is 1. The Morgan fingerprint density at radius 3 is 2.59 bits per heavy atom. The number of carbonyl (C=O) groups is 1. The highest BCUT2D eigenvalue weighted by atomic mass is 32.1. The van der Waals surface area contributed by atoms with E-state index in [9.17, 15) is 4.79 Å². The van der Waals surface area contributed by atoms with E-state index in [1.807, 2.05) is 47.4 Å². The van der Waals surface area contributed by atoms with Crippen LogP contribution in [0.1, 0.15) is 22.3 Å². The molecule has 0 aliphatic carbocycles. The van der Waals surface area contributed by atoms with Crippen LogP contribution in [0.5, 0.6) is 5.75 Å². The topological polar surface area (TPSA) is 46.9 Å². The van der Waals surface area contributed by atoms with Gasteiger partial charge < -0.3 is 9.64 Å². The number of nitrogens with zero attached hydrogens (tertiary/aromatic N) is 2. The number of hydrogen-bond donors (Lipinski definition) is 1. The molecule has 1 aromatic heterocycles. The first-order chi connectivity index (χ1) is 13.0. The van der Waals surface area contributed by atoms with Crippen LogP contribution in [-0.2, 0) is 0 Å². The summed E-state index contributed by atoms with van der Waals surface area (Å²) >= 11 is 1.55. The van der Waals surface area contributed by atoms with Crippen molar-refractivity contribution in [1.82, 2.24) is 4.98 Å². The van der Waals surface area contributed by atoms with Crippen LogP contribution in [0.25, 0.3) is 10.2 Å². The molecule has 142 valence electrons. The van der Waals surface area contributed by atoms with E-state index in [2.05, 4.69) is 21.0 Å². The molecule has 6 heteroatoms. The molecule has 0 aliphatic heterocycles. The first-order valence-electron chi connectivity index (χ1n) is 9.11. The molecule has 0 aliphatic rings. The molecule has 1 amide bonds. The van der Waals surface area contributed by atoms with Crippen molar-refractivity contribution >= 4 is 32.6 Å². The van der Waals surface area contributed by atoms with Gasteiger partial charge in [-0.1, -0.05) is 35.6 Å². The number of hydrogen-bond acceptors (Lipinski definition) is 4. The SMILES string of the molecule is COc1ccc(C)c2sc(N(CCC[NH+](C)C)C(=O)c3ccccc3)nc12. The number of fused-ring (bicyclic) bond motifs is 1. The largest absolute Gasteiger partial charge is 0.494 e. The van der Waals surface area contributed by atoms with E-state index in [0.717, 1.165) is 39.6 Å². The van der Waals surface area contributed by atoms with E-state index in [-0.39, 0.29) is 5.91 Å². The van der Waals surface area contributed by atoms with Gasteiger partial charge in [-0.25, -0.2) is 4.98 Å². The van der Waals surface area contributed by atoms with Crippen LogP contribution in [0.4, 0.5) is 5.13 Å². The fourth-order valence-corrected chi connectivity index (χ4v) is 4.07. The number of methoxy groups -OCH3 is 1. The minimum absolute atomic E-state index is 0.0139. The van der Waals surface area contributed by atoms with Crippen molar-refractivity contribution in [3.63, 3.8) is 0 Å². The maximum atomic E-state index is 13.2. The van der Waals surface area contributed by atoms with Gasteiger partial charge in [0.1, 0.15) is 11.3 Å². The Kier molecular flexibility index (Phi) is 6.08. The van der Waals surface area contributed by atoms with E-state index in [1.54, 1.807) is 18.4 Å². The summed E-state index contributed by atoms with van der Waals surface area (Å²) in [5.74, 6) is 0.725. The summed E-state index contributed by atoms with van der Waals surface area (Å²) < 4.78 is 6.53. The molecule has 0 spiro atoms. The molecule has 0 atom stereocenters. The number of carbonyl (C=O) groups excluding carboxylic acids is 1. The average molecular weight is 385 g/mol. The van der Waals surface area contributed by atoms with Gasteiger partial charge >= 0.3 is 0 Å². The van der Waals surface area contributed by atoms with E-state index < -0.39 is 0 Å². The Balaban J connectivity index is 2.00. The summed E-state index contributed by atoms with van der Waals surface area (Å²) in [5, 5.41) is 0.722. The normalized spacial score (nSPS) is 11.1. The molecule has 2 aromatic carbocycles. The smallest absolute Gasteiger partial charge is 0.260 e. The van der Waals surface area contributed by atoms with Crippen LogP contribution >= 0.6 is 11.3 Å². The standard InChI is InChI=1S/C21H25N3O2S/c1-15-11-12-17(26-4)18-19(15)27-21(22-18)24(14-8-13-23(2)3)20(25)16-9-6-5-7-10-16/h5-7,9-12H,8,13-14H2,1-4H3/p+1. The molecule has 0 bridgehead atoms. The number of aryl methyl sites for hydroxylation is 1. The van der Waals surface area contributed by atoms with Crippen molar-refractivity contribution in [2.75, 3.05) is 39.2 Å². The molecule has 0 saturated carbocycles. The van der Waals surface area contributed by atoms with Crippen molar-refractivity contribution in [3.05, 3.63) is 53.6 Å². The molecule has 5 nitrogen and oxygen atoms in total. The molecular weight excluding hydrogens is 358 g/mol. The predicted octanol–water partition coefficient (Wildman–Crippen LogP) is 2.79. The highest BCUT2D eigenvalue weighted by Crippen LogP contribution is 2.36. The quantitative estimate of drug-likeness (QED) is 0.681. The minimum Gasteiger partial charge on any atom is -0.494 e. The number of nitrogens with one attached hydrogen (secondary N) is 1. The van der Waals surface area contributed by atoms with E-state index in [4.69, 9.17) is 9.72 Å². The Labute approximate surface area is 164 Å². The van der Waals surface area contributed by atoms with Crippen molar-refractivity contribution in [1.29, 1.82) is 0 Å². The fraction of sp³-hybridized carbons (Fsp3) is 0.333. The number of benzene rings is 2. The number of rotatable bonds is 7. The lowest BCUT2D eigenvalue weighted by molar-refractivity contribution is -0.858. The van der Waals surface area contributed by atoms with Crippen LogP contribution in [0, 0.1) is 6.92 Å². The fourth-order valence-electron chi connectivity index (χ4n) is 2.99. The van der Waals surface area contributed by atoms with Crippen molar-refractivity contribution in [2.24, 2.45) is 0 Å². The first-order valence-corrected chi connectivity index (χ1v) is 9.93. The zero-order chi connectivity index (χ0) is 19.4. The highest BCUT2D eigenvalue weighted by molar-refractivity contribution is 7.22. The second-order valence-corrected chi connectivity index (χ2v) is 7.87. The Bertz CT molecular complexity index is 922. The zero-order valence-electron chi connectivity index (χ0n) is 16.3. The molecule has 1 heterocycles. The first kappa shape index (κ1) is 19.3. The summed E-state index contributed by atoms with van der Waals surface area (Å²) in [6.45, 7) is 3.69. The molecule has 1 N–H and O–H groups in total. The van der Waals surface area contributed by atoms with Crippen molar-refractivity contribution in [3.8, 4) is 5.75 Å². The summed E-state index contributed by atoms with van der Waals surface area (Å²) in [5.41, 5.74) is 2.64. The lowest BCUT2D eigenvalue weighted by Gasteiger charge is -2.20. The average Bonchev–Trinajstić information content (AvgIpc) is 3.11. The maximum absolute atomic E-state index is 13.2. The van der Waals surface area contributed by atoms with Gasteiger partial charge in [0.05, 0.1) is 32.4 Å². The maximum Gasteiger partial charge on any atom is 0.260 e. The van der Waals surface area contributed by atoms with Crippen LogP contribution in [-0.4, -0.2) is 45.2 Å². The number of anilines is 1. The molecule has 0 saturated heterocycles. The molecule has 0 fully saturated rings. The highest BCUT2D eigenvalue weighted by Gasteiger charge is 2.22. The van der Waals surface area contributed by atoms with Crippen LogP contribution < -0.4 is 14.5 Å². The third-order valence-electron chi connectivity index (χ3n) is 4.47. The minimum atomic E-state index is -0.0139. The van der Waals surface area contributed by atoms with Crippen molar-refractivity contribution < 1.29 is 14.4 Å². The van der Waals surface area contributed by atoms with Crippen molar-refractivity contribution in [2.45, 2.75) is 13.3 Å². The summed E-state index contributed by atoms with van der Waals surface area (Å²) in [4.78, 5) is 21.1. The van der Waals surface area contributed by atoms with Gasteiger partial charge in [-0.3, -0.25) is 9.69 Å². The van der Waals surface area contributed by atoms with Crippen LogP contribution in [0.3, 0.4) is 0 Å². The number of aromatic nitrogens is 1. The van der Waals surface area contributed by atoms with Gasteiger partial charge in [-0.15, -0.1) is 0 Å². The van der Waals surface area contributed by atoms with Crippen LogP contribution in [0.15, 0.2) is 42.5 Å². The second-order valence-electron chi connectivity index (χ2n) is 6.89. The summed E-state index contributed by atoms with van der Waals surface area (Å²) in [7, 11) is 5.89. The molecular formula is C21H26N3O2S+. The van der Waals surface area contributed by atoms with Gasteiger partial charge in [0.15, 0.2) is 5.13 Å². The molecule has 0 unspecified atom stereocenters. The zero-order valence-corrected chi connectivity index (χ0v) is 17.1. The molecule has 3 aromatic rings. The van der Waals surface area contributed by atoms with E-state index >= 15 is 0 Å². The lowest BCUT2D eigenvalue weighted by Crippen LogP contribution is -3.05. The molecule has 27 heavy (non-hydrogen) atoms. The van der Waals surface area contributed by atoms with E-state index in [1.165, 1.54) is 4.90 Å². The van der Waals surface area contributed by atoms with E-state index in [0.29, 0.717) is 12.1 Å². The lowest BCUT2D eigenvalue weighted by atomic mass is 10.2. The third kappa shape index (κ3) is 4.28. The predicted molar refractivity (Wildman–Crippen MR) is 111 cm³/mol. The number of ether oxygens (including phenoxy) is 1. The van der Waals surface area contributed by atoms with Gasteiger partial charge in [-0.2, -0.15) is 0 Å². The van der Waals surface area contributed by atoms with Gasteiger partial charge in [0.2, 0.25) is 0 Å². The Morgan fingerprint density at radius 1 is 1.19 bits per heavy atom. The summed E-state index contributed by atoms with van der Waals surface area (Å²) in [6, 6.07) is 13.4. The van der Waals surface area contributed by atoms with Crippen LogP contribution in [0.2, 0.25) is 0 Å². The number of quaternary nitrogens is 1. The third-order valence-corrected chi connectivity index (χ3v) is 5.68. The van der Waals surface area contributed by atoms with Gasteiger partial charge in [0, 0.05) is 18.5 Å². The molecule has 3 rings (SSSR count). The van der Waals surface area contributed by atoms with Gasteiger partial charge in [-0.05, 0) is 30.7 Å². The number of amides is 1. The van der Waals surface area contributed by atoms with Gasteiger partial charge in [0.25, 0.3) is 5.91 Å². The monoisotopic (exact) mass is 384 g/mol. The second kappa shape index (κ2) is 8.50.